The van der Waals surface area contributed by atoms with Crippen molar-refractivity contribution >= 4 is 27.1 Å². The second-order valence-corrected chi connectivity index (χ2v) is 10.1. The van der Waals surface area contributed by atoms with Crippen LogP contribution in [0.2, 0.25) is 0 Å². The van der Waals surface area contributed by atoms with E-state index in [2.05, 4.69) is 28.6 Å². The summed E-state index contributed by atoms with van der Waals surface area (Å²) in [5, 5.41) is 5.09. The van der Waals surface area contributed by atoms with Crippen molar-refractivity contribution in [3.05, 3.63) is 21.9 Å². The number of hydrogen-bond donors (Lipinski definition) is 1. The van der Waals surface area contributed by atoms with Crippen LogP contribution in [0, 0.1) is 0 Å². The summed E-state index contributed by atoms with van der Waals surface area (Å²) in [6, 6.07) is 2.46. The third-order valence-corrected chi connectivity index (χ3v) is 7.78. The number of nitrogens with one attached hydrogen (secondary N) is 1. The lowest BCUT2D eigenvalue weighted by Gasteiger charge is -2.35. The van der Waals surface area contributed by atoms with Gasteiger partial charge in [-0.3, -0.25) is 9.69 Å². The third-order valence-electron chi connectivity index (χ3n) is 4.88. The van der Waals surface area contributed by atoms with Crippen molar-refractivity contribution < 1.29 is 13.2 Å². The highest BCUT2D eigenvalue weighted by atomic mass is 32.2. The van der Waals surface area contributed by atoms with Gasteiger partial charge in [0.05, 0.1) is 23.6 Å². The zero-order chi connectivity index (χ0) is 16.7. The Labute approximate surface area is 142 Å². The van der Waals surface area contributed by atoms with Gasteiger partial charge in [-0.2, -0.15) is 0 Å². The van der Waals surface area contributed by atoms with Crippen LogP contribution in [0.15, 0.2) is 11.4 Å². The molecule has 0 radical (unpaired) electrons. The van der Waals surface area contributed by atoms with Gasteiger partial charge in [-0.15, -0.1) is 11.3 Å². The molecule has 0 bridgehead atoms. The van der Waals surface area contributed by atoms with Crippen LogP contribution in [0.3, 0.4) is 0 Å². The van der Waals surface area contributed by atoms with Gasteiger partial charge in [0.15, 0.2) is 9.84 Å². The standard InChI is InChI=1S/C16H24N2O3S2/c1-3-13-12-5-8-22-14(12)4-7-18(13)10-15(19)17-16(2)6-9-23(20,21)11-16/h5,8,13H,3-4,6-7,9-11H2,1-2H3,(H,17,19)/t13-,16+/m0/s1. The molecule has 1 aromatic rings. The lowest BCUT2D eigenvalue weighted by atomic mass is 9.97. The molecule has 0 unspecified atom stereocenters. The Kier molecular flexibility index (Phi) is 4.55. The van der Waals surface area contributed by atoms with Gasteiger partial charge >= 0.3 is 0 Å². The van der Waals surface area contributed by atoms with E-state index in [4.69, 9.17) is 0 Å². The molecule has 0 spiro atoms. The molecule has 1 N–H and O–H groups in total. The van der Waals surface area contributed by atoms with E-state index in [1.165, 1.54) is 10.4 Å². The summed E-state index contributed by atoms with van der Waals surface area (Å²) in [5.74, 6) is 0.155. The summed E-state index contributed by atoms with van der Waals surface area (Å²) in [5.41, 5.74) is 0.743. The number of sulfone groups is 1. The van der Waals surface area contributed by atoms with Gasteiger partial charge in [-0.1, -0.05) is 6.92 Å². The number of hydrogen-bond acceptors (Lipinski definition) is 5. The van der Waals surface area contributed by atoms with E-state index < -0.39 is 15.4 Å². The monoisotopic (exact) mass is 356 g/mol. The van der Waals surface area contributed by atoms with Gasteiger partial charge in [-0.05, 0) is 43.2 Å². The van der Waals surface area contributed by atoms with E-state index >= 15 is 0 Å². The zero-order valence-electron chi connectivity index (χ0n) is 13.7. The molecule has 23 heavy (non-hydrogen) atoms. The first kappa shape index (κ1) is 16.9. The van der Waals surface area contributed by atoms with Crippen molar-refractivity contribution in [1.29, 1.82) is 0 Å². The quantitative estimate of drug-likeness (QED) is 0.893. The Hall–Kier alpha value is -0.920. The minimum atomic E-state index is -3.01. The summed E-state index contributed by atoms with van der Waals surface area (Å²) >= 11 is 1.80. The number of carbonyl (C=O) groups is 1. The minimum Gasteiger partial charge on any atom is -0.349 e. The Morgan fingerprint density at radius 2 is 2.30 bits per heavy atom. The molecule has 128 valence electrons. The van der Waals surface area contributed by atoms with Crippen LogP contribution in [-0.4, -0.2) is 49.4 Å². The molecule has 0 aromatic carbocycles. The fraction of sp³-hybridized carbons (Fsp3) is 0.688. The molecule has 1 saturated heterocycles. The summed E-state index contributed by atoms with van der Waals surface area (Å²) in [4.78, 5) is 16.1. The third kappa shape index (κ3) is 3.61. The Morgan fingerprint density at radius 1 is 1.52 bits per heavy atom. The van der Waals surface area contributed by atoms with E-state index in [9.17, 15) is 13.2 Å². The van der Waals surface area contributed by atoms with E-state index in [1.807, 2.05) is 6.92 Å². The van der Waals surface area contributed by atoms with Crippen LogP contribution in [0.5, 0.6) is 0 Å². The lowest BCUT2D eigenvalue weighted by Crippen LogP contribution is -2.51. The van der Waals surface area contributed by atoms with Crippen LogP contribution in [0.1, 0.15) is 43.2 Å². The highest BCUT2D eigenvalue weighted by molar-refractivity contribution is 7.91. The SMILES string of the molecule is CC[C@H]1c2ccsc2CCN1CC(=O)N[C@]1(C)CCS(=O)(=O)C1. The molecule has 3 rings (SSSR count). The smallest absolute Gasteiger partial charge is 0.234 e. The zero-order valence-corrected chi connectivity index (χ0v) is 15.3. The first-order valence-electron chi connectivity index (χ1n) is 8.14. The van der Waals surface area contributed by atoms with Crippen molar-refractivity contribution in [1.82, 2.24) is 10.2 Å². The molecule has 1 aromatic heterocycles. The highest BCUT2D eigenvalue weighted by Gasteiger charge is 2.40. The summed E-state index contributed by atoms with van der Waals surface area (Å²) in [6.07, 6.45) is 2.47. The van der Waals surface area contributed by atoms with E-state index in [-0.39, 0.29) is 23.5 Å². The molecule has 2 aliphatic heterocycles. The second kappa shape index (κ2) is 6.18. The predicted octanol–water partition coefficient (Wildman–Crippen LogP) is 1.75. The maximum atomic E-state index is 12.5. The number of rotatable bonds is 4. The van der Waals surface area contributed by atoms with Gasteiger partial charge in [0.2, 0.25) is 5.91 Å². The summed E-state index contributed by atoms with van der Waals surface area (Å²) in [6.45, 7) is 5.20. The van der Waals surface area contributed by atoms with E-state index in [0.717, 1.165) is 19.4 Å². The number of nitrogens with zero attached hydrogens (tertiary/aromatic N) is 1. The molecule has 2 aliphatic rings. The summed E-state index contributed by atoms with van der Waals surface area (Å²) in [7, 11) is -3.01. The van der Waals surface area contributed by atoms with Crippen molar-refractivity contribution in [3.8, 4) is 0 Å². The predicted molar refractivity (Wildman–Crippen MR) is 92.4 cm³/mol. The Balaban J connectivity index is 1.64. The fourth-order valence-electron chi connectivity index (χ4n) is 3.79. The summed E-state index contributed by atoms with van der Waals surface area (Å²) < 4.78 is 23.3. The average molecular weight is 357 g/mol. The number of thiophene rings is 1. The van der Waals surface area contributed by atoms with Crippen molar-refractivity contribution in [2.24, 2.45) is 0 Å². The van der Waals surface area contributed by atoms with Gasteiger partial charge in [0, 0.05) is 17.5 Å². The molecule has 1 amide bonds. The molecule has 1 fully saturated rings. The van der Waals surface area contributed by atoms with Crippen LogP contribution >= 0.6 is 11.3 Å². The number of carbonyl (C=O) groups excluding carboxylic acids is 1. The molecule has 0 aliphatic carbocycles. The van der Waals surface area contributed by atoms with Crippen molar-refractivity contribution in [2.75, 3.05) is 24.6 Å². The molecule has 7 heteroatoms. The van der Waals surface area contributed by atoms with Gasteiger partial charge in [0.1, 0.15) is 0 Å². The van der Waals surface area contributed by atoms with Gasteiger partial charge in [0.25, 0.3) is 0 Å². The topological polar surface area (TPSA) is 66.5 Å². The number of amides is 1. The second-order valence-electron chi connectivity index (χ2n) is 6.89. The van der Waals surface area contributed by atoms with Crippen LogP contribution in [-0.2, 0) is 21.1 Å². The van der Waals surface area contributed by atoms with Crippen LogP contribution < -0.4 is 5.32 Å². The van der Waals surface area contributed by atoms with Crippen LogP contribution in [0.25, 0.3) is 0 Å². The maximum Gasteiger partial charge on any atom is 0.234 e. The first-order valence-corrected chi connectivity index (χ1v) is 10.8. The molecular weight excluding hydrogens is 332 g/mol. The molecular formula is C16H24N2O3S2. The lowest BCUT2D eigenvalue weighted by molar-refractivity contribution is -0.124. The molecule has 3 heterocycles. The fourth-order valence-corrected chi connectivity index (χ4v) is 6.81. The Morgan fingerprint density at radius 3 is 2.96 bits per heavy atom. The Bertz CT molecular complexity index is 698. The average Bonchev–Trinajstić information content (AvgIpc) is 3.02. The maximum absolute atomic E-state index is 12.5. The normalized spacial score (nSPS) is 30.1. The minimum absolute atomic E-state index is 0.0532. The van der Waals surface area contributed by atoms with E-state index in [0.29, 0.717) is 13.0 Å². The van der Waals surface area contributed by atoms with Crippen LogP contribution in [0.4, 0.5) is 0 Å². The number of fused-ring (bicyclic) bond motifs is 1. The van der Waals surface area contributed by atoms with E-state index in [1.54, 1.807) is 11.3 Å². The largest absolute Gasteiger partial charge is 0.349 e. The van der Waals surface area contributed by atoms with Gasteiger partial charge < -0.3 is 5.32 Å². The molecule has 2 atom stereocenters. The molecule has 5 nitrogen and oxygen atoms in total. The molecule has 0 saturated carbocycles. The highest BCUT2D eigenvalue weighted by Crippen LogP contribution is 2.35. The first-order chi connectivity index (χ1) is 10.8. The van der Waals surface area contributed by atoms with Crippen molar-refractivity contribution in [3.63, 3.8) is 0 Å². The van der Waals surface area contributed by atoms with Crippen molar-refractivity contribution in [2.45, 2.75) is 44.7 Å². The van der Waals surface area contributed by atoms with Gasteiger partial charge in [-0.25, -0.2) is 8.42 Å².